The number of thioether (sulfide) groups is 1. The summed E-state index contributed by atoms with van der Waals surface area (Å²) in [6, 6.07) is 39.5. The lowest BCUT2D eigenvalue weighted by molar-refractivity contribution is -0.116. The Bertz CT molecular complexity index is 2000. The molecule has 1 atom stereocenters. The van der Waals surface area contributed by atoms with Gasteiger partial charge in [-0.1, -0.05) is 92.2 Å². The lowest BCUT2D eigenvalue weighted by Gasteiger charge is -2.18. The van der Waals surface area contributed by atoms with Gasteiger partial charge in [-0.25, -0.2) is 4.79 Å². The van der Waals surface area contributed by atoms with E-state index >= 15 is 0 Å². The highest BCUT2D eigenvalue weighted by Gasteiger charge is 2.23. The molecule has 5 rings (SSSR count). The van der Waals surface area contributed by atoms with Gasteiger partial charge in [-0.15, -0.1) is 11.8 Å². The topological polar surface area (TPSA) is 114 Å². The summed E-state index contributed by atoms with van der Waals surface area (Å²) < 4.78 is 5.29. The molecule has 3 N–H and O–H groups in total. The van der Waals surface area contributed by atoms with Crippen LogP contribution in [0, 0.1) is 6.92 Å². The molecule has 51 heavy (non-hydrogen) atoms. The highest BCUT2D eigenvalue weighted by Crippen LogP contribution is 2.37. The van der Waals surface area contributed by atoms with Gasteiger partial charge in [0, 0.05) is 21.8 Å². The first-order valence-corrected chi connectivity index (χ1v) is 17.5. The fourth-order valence-corrected chi connectivity index (χ4v) is 6.10. The molecule has 0 saturated heterocycles. The minimum absolute atomic E-state index is 0.0815. The maximum atomic E-state index is 13.7. The molecule has 258 valence electrons. The monoisotopic (exact) mass is 697 g/mol. The zero-order valence-corrected chi connectivity index (χ0v) is 29.2. The number of amides is 3. The molecule has 0 saturated carbocycles. The fourth-order valence-electron chi connectivity index (χ4n) is 5.02. The van der Waals surface area contributed by atoms with Gasteiger partial charge in [0.25, 0.3) is 11.8 Å². The molecular weight excluding hydrogens is 659 g/mol. The van der Waals surface area contributed by atoms with E-state index in [4.69, 9.17) is 4.74 Å². The van der Waals surface area contributed by atoms with Gasteiger partial charge in [0.2, 0.25) is 5.91 Å². The zero-order valence-electron chi connectivity index (χ0n) is 28.4. The average Bonchev–Trinajstić information content (AvgIpc) is 3.15. The highest BCUT2D eigenvalue weighted by atomic mass is 32.2. The van der Waals surface area contributed by atoms with Crippen LogP contribution < -0.4 is 16.0 Å². The first kappa shape index (κ1) is 36.4. The first-order chi connectivity index (χ1) is 24.8. The Morgan fingerprint density at radius 1 is 0.725 bits per heavy atom. The lowest BCUT2D eigenvalue weighted by atomic mass is 10.1. The average molecular weight is 698 g/mol. The van der Waals surface area contributed by atoms with Crippen molar-refractivity contribution in [1.29, 1.82) is 0 Å². The number of benzene rings is 5. The van der Waals surface area contributed by atoms with Crippen LogP contribution in [0.4, 0.5) is 11.4 Å². The Morgan fingerprint density at radius 2 is 1.41 bits per heavy atom. The third kappa shape index (κ3) is 10.5. The summed E-state index contributed by atoms with van der Waals surface area (Å²) in [5, 5.41) is 8.03. The molecule has 0 aliphatic rings. The maximum Gasteiger partial charge on any atom is 0.338 e. The molecule has 0 aromatic heterocycles. The Hall–Kier alpha value is -5.93. The Kier molecular flexibility index (Phi) is 13.0. The van der Waals surface area contributed by atoms with Crippen LogP contribution >= 0.6 is 11.8 Å². The molecule has 0 heterocycles. The normalized spacial score (nSPS) is 11.6. The van der Waals surface area contributed by atoms with Crippen LogP contribution in [0.25, 0.3) is 6.08 Å². The number of carbonyl (C=O) groups is 4. The van der Waals surface area contributed by atoms with Crippen molar-refractivity contribution in [2.45, 2.75) is 36.8 Å². The first-order valence-electron chi connectivity index (χ1n) is 16.7. The quantitative estimate of drug-likeness (QED) is 0.0463. The van der Waals surface area contributed by atoms with Crippen molar-refractivity contribution in [3.63, 3.8) is 0 Å². The number of hydrogen-bond acceptors (Lipinski definition) is 6. The number of ether oxygens (including phenoxy) is 1. The van der Waals surface area contributed by atoms with Crippen molar-refractivity contribution in [2.24, 2.45) is 0 Å². The van der Waals surface area contributed by atoms with Crippen LogP contribution in [0.2, 0.25) is 0 Å². The summed E-state index contributed by atoms with van der Waals surface area (Å²) in [4.78, 5) is 53.6. The van der Waals surface area contributed by atoms with Gasteiger partial charge in [0.05, 0.1) is 12.2 Å². The third-order valence-electron chi connectivity index (χ3n) is 7.82. The van der Waals surface area contributed by atoms with Gasteiger partial charge in [-0.05, 0) is 90.7 Å². The number of nitrogens with one attached hydrogen (secondary N) is 3. The fraction of sp³-hybridized carbons (Fsp3) is 0.143. The summed E-state index contributed by atoms with van der Waals surface area (Å²) in [6.45, 7) is 4.32. The van der Waals surface area contributed by atoms with Gasteiger partial charge >= 0.3 is 5.97 Å². The van der Waals surface area contributed by atoms with E-state index in [-0.39, 0.29) is 11.6 Å². The molecule has 0 fully saturated rings. The van der Waals surface area contributed by atoms with Gasteiger partial charge in [-0.2, -0.15) is 0 Å². The number of anilines is 2. The molecule has 5 aromatic rings. The van der Waals surface area contributed by atoms with E-state index in [0.717, 1.165) is 34.4 Å². The maximum absolute atomic E-state index is 13.7. The second-order valence-corrected chi connectivity index (χ2v) is 12.9. The molecule has 9 heteroatoms. The number of esters is 1. The van der Waals surface area contributed by atoms with Crippen LogP contribution in [0.3, 0.4) is 0 Å². The van der Waals surface area contributed by atoms with E-state index < -0.39 is 23.0 Å². The van der Waals surface area contributed by atoms with Crippen LogP contribution in [0.1, 0.15) is 62.4 Å². The smallest absolute Gasteiger partial charge is 0.338 e. The predicted octanol–water partition coefficient (Wildman–Crippen LogP) is 8.83. The Balaban J connectivity index is 1.33. The summed E-state index contributed by atoms with van der Waals surface area (Å²) in [5.74, 6) is -1.57. The van der Waals surface area contributed by atoms with Crippen LogP contribution in [0.5, 0.6) is 0 Å². The standard InChI is InChI=1S/C42H39N3O5S/c1-3-4-26-50-42(49)32-22-24-34(25-23-32)43-41(48)38(30-15-7-5-8-16-30)51-36-21-13-20-35(28-36)44-40(47)37(27-33-19-12-11-14-29(33)2)45-39(46)31-17-9-6-10-18-31/h5-25,27-28,38H,3-4,26H2,1-2H3,(H,43,48)(H,44,47)(H,45,46)/b37-27-. The molecule has 0 radical (unpaired) electrons. The molecule has 0 aliphatic heterocycles. The van der Waals surface area contributed by atoms with E-state index in [2.05, 4.69) is 16.0 Å². The lowest BCUT2D eigenvalue weighted by Crippen LogP contribution is -2.30. The van der Waals surface area contributed by atoms with Crippen molar-refractivity contribution in [3.8, 4) is 0 Å². The van der Waals surface area contributed by atoms with Gasteiger partial charge in [0.15, 0.2) is 0 Å². The summed E-state index contributed by atoms with van der Waals surface area (Å²) in [7, 11) is 0. The van der Waals surface area contributed by atoms with E-state index in [1.807, 2.05) is 80.6 Å². The molecule has 0 spiro atoms. The van der Waals surface area contributed by atoms with E-state index in [9.17, 15) is 19.2 Å². The molecule has 3 amide bonds. The number of carbonyl (C=O) groups excluding carboxylic acids is 4. The second-order valence-electron chi connectivity index (χ2n) is 11.7. The van der Waals surface area contributed by atoms with E-state index in [1.165, 1.54) is 11.8 Å². The van der Waals surface area contributed by atoms with Crippen molar-refractivity contribution < 1.29 is 23.9 Å². The third-order valence-corrected chi connectivity index (χ3v) is 9.07. The van der Waals surface area contributed by atoms with Crippen molar-refractivity contribution in [3.05, 3.63) is 167 Å². The van der Waals surface area contributed by atoms with Crippen molar-refractivity contribution in [1.82, 2.24) is 5.32 Å². The van der Waals surface area contributed by atoms with Crippen molar-refractivity contribution in [2.75, 3.05) is 17.2 Å². The van der Waals surface area contributed by atoms with E-state index in [1.54, 1.807) is 72.8 Å². The zero-order chi connectivity index (χ0) is 36.0. The minimum atomic E-state index is -0.641. The highest BCUT2D eigenvalue weighted by molar-refractivity contribution is 8.00. The van der Waals surface area contributed by atoms with Crippen molar-refractivity contribution >= 4 is 52.9 Å². The summed E-state index contributed by atoms with van der Waals surface area (Å²) >= 11 is 1.33. The molecule has 0 bridgehead atoms. The van der Waals surface area contributed by atoms with E-state index in [0.29, 0.717) is 29.1 Å². The molecular formula is C42H39N3O5S. The largest absolute Gasteiger partial charge is 0.462 e. The SMILES string of the molecule is CCCCOC(=O)c1ccc(NC(=O)C(Sc2cccc(NC(=O)/C(=C/c3ccccc3C)NC(=O)c3ccccc3)c2)c2ccccc2)cc1. The number of hydrogen-bond donors (Lipinski definition) is 3. The molecule has 5 aromatic carbocycles. The van der Waals surface area contributed by atoms with Gasteiger partial charge in [-0.3, -0.25) is 14.4 Å². The summed E-state index contributed by atoms with van der Waals surface area (Å²) in [5.41, 5.74) is 4.47. The molecule has 1 unspecified atom stereocenters. The summed E-state index contributed by atoms with van der Waals surface area (Å²) in [6.07, 6.45) is 3.38. The predicted molar refractivity (Wildman–Crippen MR) is 203 cm³/mol. The number of aryl methyl sites for hydroxylation is 1. The minimum Gasteiger partial charge on any atom is -0.462 e. The van der Waals surface area contributed by atoms with Gasteiger partial charge < -0.3 is 20.7 Å². The van der Waals surface area contributed by atoms with Crippen LogP contribution in [-0.2, 0) is 14.3 Å². The van der Waals surface area contributed by atoms with Gasteiger partial charge in [0.1, 0.15) is 10.9 Å². The molecule has 8 nitrogen and oxygen atoms in total. The van der Waals surface area contributed by atoms with Crippen LogP contribution in [-0.4, -0.2) is 30.3 Å². The number of rotatable bonds is 14. The Labute approximate surface area is 302 Å². The Morgan fingerprint density at radius 3 is 2.12 bits per heavy atom. The van der Waals surface area contributed by atoms with Crippen LogP contribution in [0.15, 0.2) is 144 Å². The second kappa shape index (κ2) is 18.2. The molecule has 0 aliphatic carbocycles. The number of unbranched alkanes of at least 4 members (excludes halogenated alkanes) is 1.